The van der Waals surface area contributed by atoms with Crippen LogP contribution in [0.15, 0.2) is 24.3 Å². The molecular weight excluding hydrogens is 282 g/mol. The summed E-state index contributed by atoms with van der Waals surface area (Å²) in [5.41, 5.74) is 2.34. The monoisotopic (exact) mass is 305 g/mol. The Morgan fingerprint density at radius 3 is 2.81 bits per heavy atom. The average Bonchev–Trinajstić information content (AvgIpc) is 2.90. The van der Waals surface area contributed by atoms with Crippen molar-refractivity contribution < 1.29 is 9.84 Å². The van der Waals surface area contributed by atoms with Crippen LogP contribution in [0.5, 0.6) is 5.75 Å². The molecule has 1 aromatic carbocycles. The van der Waals surface area contributed by atoms with Gasteiger partial charge in [-0.05, 0) is 30.5 Å². The van der Waals surface area contributed by atoms with Crippen molar-refractivity contribution in [3.05, 3.63) is 45.4 Å². The zero-order valence-electron chi connectivity index (χ0n) is 12.8. The van der Waals surface area contributed by atoms with Crippen LogP contribution in [0.3, 0.4) is 0 Å². The van der Waals surface area contributed by atoms with Gasteiger partial charge in [0.15, 0.2) is 0 Å². The lowest BCUT2D eigenvalue weighted by molar-refractivity contribution is 0.284. The summed E-state index contributed by atoms with van der Waals surface area (Å²) in [4.78, 5) is 5.61. The molecule has 1 heterocycles. The first-order valence-electron chi connectivity index (χ1n) is 7.56. The number of ether oxygens (including phenoxy) is 1. The van der Waals surface area contributed by atoms with E-state index in [-0.39, 0.29) is 6.61 Å². The molecule has 0 spiro atoms. The van der Waals surface area contributed by atoms with Gasteiger partial charge in [-0.1, -0.05) is 32.4 Å². The topological polar surface area (TPSA) is 42.4 Å². The van der Waals surface area contributed by atoms with Crippen LogP contribution in [0.1, 0.15) is 41.4 Å². The number of aliphatic hydroxyl groups is 1. The van der Waals surface area contributed by atoms with Crippen molar-refractivity contribution in [1.82, 2.24) is 4.98 Å². The quantitative estimate of drug-likeness (QED) is 0.807. The minimum absolute atomic E-state index is 0.0897. The third kappa shape index (κ3) is 4.55. The van der Waals surface area contributed by atoms with Gasteiger partial charge in [0.1, 0.15) is 5.75 Å². The zero-order valence-corrected chi connectivity index (χ0v) is 13.6. The van der Waals surface area contributed by atoms with Crippen LogP contribution in [-0.4, -0.2) is 16.7 Å². The van der Waals surface area contributed by atoms with Crippen LogP contribution < -0.4 is 4.74 Å². The first kappa shape index (κ1) is 16.0. The number of aromatic nitrogens is 1. The van der Waals surface area contributed by atoms with Crippen molar-refractivity contribution in [2.24, 2.45) is 0 Å². The van der Waals surface area contributed by atoms with Gasteiger partial charge in [0.05, 0.1) is 28.8 Å². The predicted octanol–water partition coefficient (Wildman–Crippen LogP) is 3.77. The minimum atomic E-state index is 0.0897. The van der Waals surface area contributed by atoms with E-state index in [0.29, 0.717) is 6.61 Å². The van der Waals surface area contributed by atoms with E-state index < -0.39 is 0 Å². The molecule has 0 amide bonds. The smallest absolute Gasteiger partial charge is 0.119 e. The number of benzene rings is 1. The standard InChI is InChI=1S/C17H23NO2S/c1-3-6-15-16(12-19)21-17(18-15)9-10-20-14-8-5-7-13(4-2)11-14/h5,7-8,11,19H,3-4,6,9-10,12H2,1-2H3. The number of hydrogen-bond acceptors (Lipinski definition) is 4. The summed E-state index contributed by atoms with van der Waals surface area (Å²) in [5.74, 6) is 0.919. The van der Waals surface area contributed by atoms with Gasteiger partial charge >= 0.3 is 0 Å². The van der Waals surface area contributed by atoms with Crippen LogP contribution in [-0.2, 0) is 25.9 Å². The highest BCUT2D eigenvalue weighted by Gasteiger charge is 2.09. The van der Waals surface area contributed by atoms with Crippen molar-refractivity contribution in [3.8, 4) is 5.75 Å². The first-order valence-corrected chi connectivity index (χ1v) is 8.38. The van der Waals surface area contributed by atoms with Crippen molar-refractivity contribution >= 4 is 11.3 Å². The first-order chi connectivity index (χ1) is 10.3. The summed E-state index contributed by atoms with van der Waals surface area (Å²) >= 11 is 1.60. The van der Waals surface area contributed by atoms with E-state index in [1.165, 1.54) is 5.56 Å². The SMILES string of the molecule is CCCc1nc(CCOc2cccc(CC)c2)sc1CO. The van der Waals surface area contributed by atoms with Crippen molar-refractivity contribution in [3.63, 3.8) is 0 Å². The second-order valence-electron chi connectivity index (χ2n) is 4.99. The highest BCUT2D eigenvalue weighted by Crippen LogP contribution is 2.21. The van der Waals surface area contributed by atoms with E-state index in [4.69, 9.17) is 4.74 Å². The number of aryl methyl sites for hydroxylation is 2. The van der Waals surface area contributed by atoms with E-state index in [1.54, 1.807) is 11.3 Å². The fourth-order valence-corrected chi connectivity index (χ4v) is 3.17. The summed E-state index contributed by atoms with van der Waals surface area (Å²) in [5, 5.41) is 10.4. The van der Waals surface area contributed by atoms with Gasteiger partial charge in [0.2, 0.25) is 0 Å². The molecule has 0 bridgehead atoms. The lowest BCUT2D eigenvalue weighted by Gasteiger charge is -2.06. The Morgan fingerprint density at radius 2 is 2.10 bits per heavy atom. The van der Waals surface area contributed by atoms with Crippen LogP contribution in [0.4, 0.5) is 0 Å². The van der Waals surface area contributed by atoms with Crippen molar-refractivity contribution in [1.29, 1.82) is 0 Å². The lowest BCUT2D eigenvalue weighted by atomic mass is 10.2. The number of thiazole rings is 1. The molecule has 114 valence electrons. The van der Waals surface area contributed by atoms with Gasteiger partial charge in [-0.25, -0.2) is 4.98 Å². The maximum atomic E-state index is 9.36. The third-order valence-corrected chi connectivity index (χ3v) is 4.49. The van der Waals surface area contributed by atoms with Crippen LogP contribution >= 0.6 is 11.3 Å². The Morgan fingerprint density at radius 1 is 1.24 bits per heavy atom. The lowest BCUT2D eigenvalue weighted by Crippen LogP contribution is -2.01. The average molecular weight is 305 g/mol. The predicted molar refractivity (Wildman–Crippen MR) is 87.1 cm³/mol. The van der Waals surface area contributed by atoms with Crippen LogP contribution in [0, 0.1) is 0 Å². The molecular formula is C17H23NO2S. The number of nitrogens with zero attached hydrogens (tertiary/aromatic N) is 1. The Labute approximate surface area is 130 Å². The summed E-state index contributed by atoms with van der Waals surface area (Å²) in [6, 6.07) is 8.21. The van der Waals surface area contributed by atoms with Gasteiger partial charge in [-0.15, -0.1) is 11.3 Å². The van der Waals surface area contributed by atoms with E-state index in [0.717, 1.165) is 47.0 Å². The molecule has 0 saturated carbocycles. The maximum Gasteiger partial charge on any atom is 0.119 e. The highest BCUT2D eigenvalue weighted by molar-refractivity contribution is 7.11. The molecule has 1 aromatic heterocycles. The molecule has 0 aliphatic rings. The zero-order chi connectivity index (χ0) is 15.1. The number of aliphatic hydroxyl groups excluding tert-OH is 1. The molecule has 2 aromatic rings. The van der Waals surface area contributed by atoms with Crippen molar-refractivity contribution in [2.75, 3.05) is 6.61 Å². The number of hydrogen-bond donors (Lipinski definition) is 1. The van der Waals surface area contributed by atoms with Crippen LogP contribution in [0.25, 0.3) is 0 Å². The Bertz CT molecular complexity index is 566. The van der Waals surface area contributed by atoms with Gasteiger partial charge in [0.25, 0.3) is 0 Å². The molecule has 4 heteroatoms. The maximum absolute atomic E-state index is 9.36. The summed E-state index contributed by atoms with van der Waals surface area (Å²) in [6.45, 7) is 4.98. The second-order valence-corrected chi connectivity index (χ2v) is 6.15. The summed E-state index contributed by atoms with van der Waals surface area (Å²) < 4.78 is 5.80. The molecule has 0 unspecified atom stereocenters. The largest absolute Gasteiger partial charge is 0.493 e. The van der Waals surface area contributed by atoms with Crippen LogP contribution in [0.2, 0.25) is 0 Å². The normalized spacial score (nSPS) is 10.8. The molecule has 0 aliphatic carbocycles. The Kier molecular flexibility index (Phi) is 6.21. The fourth-order valence-electron chi connectivity index (χ4n) is 2.21. The summed E-state index contributed by atoms with van der Waals surface area (Å²) in [7, 11) is 0. The molecule has 0 saturated heterocycles. The van der Waals surface area contributed by atoms with Gasteiger partial charge < -0.3 is 9.84 Å². The Balaban J connectivity index is 1.90. The van der Waals surface area contributed by atoms with E-state index >= 15 is 0 Å². The third-order valence-electron chi connectivity index (χ3n) is 3.34. The molecule has 1 N–H and O–H groups in total. The number of rotatable bonds is 8. The molecule has 2 rings (SSSR count). The second kappa shape index (κ2) is 8.15. The van der Waals surface area contributed by atoms with E-state index in [9.17, 15) is 5.11 Å². The fraction of sp³-hybridized carbons (Fsp3) is 0.471. The molecule has 0 fully saturated rings. The Hall–Kier alpha value is -1.39. The molecule has 0 atom stereocenters. The highest BCUT2D eigenvalue weighted by atomic mass is 32.1. The molecule has 21 heavy (non-hydrogen) atoms. The molecule has 0 radical (unpaired) electrons. The van der Waals surface area contributed by atoms with Crippen molar-refractivity contribution in [2.45, 2.75) is 46.1 Å². The molecule has 3 nitrogen and oxygen atoms in total. The van der Waals surface area contributed by atoms with E-state index in [1.807, 2.05) is 12.1 Å². The van der Waals surface area contributed by atoms with E-state index in [2.05, 4.69) is 31.0 Å². The summed E-state index contributed by atoms with van der Waals surface area (Å²) in [6.07, 6.45) is 3.80. The van der Waals surface area contributed by atoms with Gasteiger partial charge in [-0.2, -0.15) is 0 Å². The van der Waals surface area contributed by atoms with Gasteiger partial charge in [-0.3, -0.25) is 0 Å². The molecule has 0 aliphatic heterocycles. The minimum Gasteiger partial charge on any atom is -0.493 e. The van der Waals surface area contributed by atoms with Gasteiger partial charge in [0, 0.05) is 6.42 Å².